The first kappa shape index (κ1) is 50.0. The molecule has 6 nitrogen and oxygen atoms in total. The predicted molar refractivity (Wildman–Crippen MR) is 211 cm³/mol. The quantitative estimate of drug-likeness (QED) is 0.0519. The van der Waals surface area contributed by atoms with Crippen LogP contribution in [0.3, 0.4) is 0 Å². The molecule has 0 saturated heterocycles. The van der Waals surface area contributed by atoms with E-state index in [9.17, 15) is 9.59 Å². The minimum absolute atomic E-state index is 0.0219. The Labute approximate surface area is 306 Å². The summed E-state index contributed by atoms with van der Waals surface area (Å²) in [5, 5.41) is 9.01. The van der Waals surface area contributed by atoms with E-state index in [4.69, 9.17) is 14.6 Å². The Kier molecular flexibility index (Phi) is 42.1. The number of esters is 2. The van der Waals surface area contributed by atoms with Crippen molar-refractivity contribution in [3.05, 3.63) is 0 Å². The smallest absolute Gasteiger partial charge is 0.306 e. The van der Waals surface area contributed by atoms with Crippen molar-refractivity contribution < 1.29 is 24.2 Å². The summed E-state index contributed by atoms with van der Waals surface area (Å²) < 4.78 is 11.4. The number of carbonyl (C=O) groups excluding carboxylic acids is 2. The van der Waals surface area contributed by atoms with Gasteiger partial charge in [0.25, 0.3) is 0 Å². The number of nitrogens with zero attached hydrogens (tertiary/aromatic N) is 1. The molecule has 1 N–H and O–H groups in total. The Morgan fingerprint density at radius 1 is 0.449 bits per heavy atom. The maximum atomic E-state index is 12.2. The molecule has 294 valence electrons. The van der Waals surface area contributed by atoms with Crippen LogP contribution in [0.1, 0.15) is 228 Å². The number of ether oxygens (including phenoxy) is 2. The second-order valence-electron chi connectivity index (χ2n) is 14.4. The number of likely N-dealkylation sites (N-methyl/N-ethyl adjacent to an activating group) is 1. The lowest BCUT2D eigenvalue weighted by Gasteiger charge is -2.18. The fraction of sp³-hybridized carbons (Fsp3) is 0.953. The molecule has 6 heteroatoms. The molecule has 1 unspecified atom stereocenters. The second kappa shape index (κ2) is 41.3. The summed E-state index contributed by atoms with van der Waals surface area (Å²) in [7, 11) is 0. The molecule has 1 atom stereocenters. The van der Waals surface area contributed by atoms with Crippen LogP contribution in [0.2, 0.25) is 0 Å². The highest BCUT2D eigenvalue weighted by Gasteiger charge is 2.15. The van der Waals surface area contributed by atoms with Crippen molar-refractivity contribution in [1.82, 2.24) is 4.90 Å². The molecular weight excluding hydrogens is 610 g/mol. The molecule has 0 fully saturated rings. The summed E-state index contributed by atoms with van der Waals surface area (Å²) in [6, 6.07) is 0. The van der Waals surface area contributed by atoms with Gasteiger partial charge in [0.1, 0.15) is 12.2 Å². The van der Waals surface area contributed by atoms with Gasteiger partial charge in [-0.3, -0.25) is 9.59 Å². The highest BCUT2D eigenvalue weighted by Crippen LogP contribution is 2.17. The highest BCUT2D eigenvalue weighted by atomic mass is 16.5. The molecule has 0 aromatic carbocycles. The lowest BCUT2D eigenvalue weighted by Crippen LogP contribution is -2.27. The minimum atomic E-state index is 0.0219. The van der Waals surface area contributed by atoms with E-state index >= 15 is 0 Å². The zero-order valence-electron chi connectivity index (χ0n) is 34.0. The maximum absolute atomic E-state index is 12.2. The SMILES string of the molecule is CCCCCC(CCCCC)OC(=O)CCCCCCCCCCN(CC)CCO.CCCCCCC(=O)OC(CCCC)CCCCC. The summed E-state index contributed by atoms with van der Waals surface area (Å²) in [4.78, 5) is 26.3. The fourth-order valence-corrected chi connectivity index (χ4v) is 6.24. The molecule has 0 aliphatic rings. The van der Waals surface area contributed by atoms with Gasteiger partial charge in [-0.05, 0) is 77.3 Å². The third kappa shape index (κ3) is 37.9. The van der Waals surface area contributed by atoms with Crippen LogP contribution in [0.4, 0.5) is 0 Å². The molecule has 49 heavy (non-hydrogen) atoms. The van der Waals surface area contributed by atoms with Crippen molar-refractivity contribution in [2.75, 3.05) is 26.2 Å². The first-order valence-electron chi connectivity index (χ1n) is 21.6. The van der Waals surface area contributed by atoms with E-state index in [1.54, 1.807) is 0 Å². The Bertz CT molecular complexity index is 663. The van der Waals surface area contributed by atoms with Gasteiger partial charge in [0.15, 0.2) is 0 Å². The number of aliphatic hydroxyl groups is 1. The summed E-state index contributed by atoms with van der Waals surface area (Å²) in [5.41, 5.74) is 0. The van der Waals surface area contributed by atoms with E-state index in [1.807, 2.05) is 0 Å². The predicted octanol–water partition coefficient (Wildman–Crippen LogP) is 12.5. The molecule has 0 amide bonds. The zero-order valence-corrected chi connectivity index (χ0v) is 34.0. The molecule has 0 aromatic rings. The van der Waals surface area contributed by atoms with Crippen molar-refractivity contribution in [3.63, 3.8) is 0 Å². The first-order chi connectivity index (χ1) is 23.9. The molecule has 0 aromatic heterocycles. The monoisotopic (exact) mass is 698 g/mol. The number of unbranched alkanes of at least 4 members (excludes halogenated alkanes) is 17. The largest absolute Gasteiger partial charge is 0.462 e. The average Bonchev–Trinajstić information content (AvgIpc) is 3.09. The zero-order chi connectivity index (χ0) is 36.6. The summed E-state index contributed by atoms with van der Waals surface area (Å²) in [5.74, 6) is 0.0464. The van der Waals surface area contributed by atoms with Crippen molar-refractivity contribution >= 4 is 11.9 Å². The van der Waals surface area contributed by atoms with Gasteiger partial charge in [-0.1, -0.05) is 151 Å². The molecule has 0 heterocycles. The summed E-state index contributed by atoms with van der Waals surface area (Å²) >= 11 is 0. The number of hydrogen-bond donors (Lipinski definition) is 1. The van der Waals surface area contributed by atoms with E-state index in [0.717, 1.165) is 71.0 Å². The van der Waals surface area contributed by atoms with Crippen LogP contribution in [-0.2, 0) is 19.1 Å². The van der Waals surface area contributed by atoms with Crippen LogP contribution in [0.5, 0.6) is 0 Å². The first-order valence-corrected chi connectivity index (χ1v) is 21.6. The lowest BCUT2D eigenvalue weighted by molar-refractivity contribution is -0.151. The third-order valence-electron chi connectivity index (χ3n) is 9.57. The van der Waals surface area contributed by atoms with Gasteiger partial charge in [0.05, 0.1) is 6.61 Å². The Morgan fingerprint density at radius 2 is 0.796 bits per heavy atom. The lowest BCUT2D eigenvalue weighted by atomic mass is 10.0. The van der Waals surface area contributed by atoms with Crippen LogP contribution in [0.15, 0.2) is 0 Å². The van der Waals surface area contributed by atoms with E-state index < -0.39 is 0 Å². The number of carbonyl (C=O) groups is 2. The Morgan fingerprint density at radius 3 is 1.18 bits per heavy atom. The minimum Gasteiger partial charge on any atom is -0.462 e. The highest BCUT2D eigenvalue weighted by molar-refractivity contribution is 5.69. The standard InChI is InChI=1S/C26H53NO3.C17H34O2/c1-4-7-15-19-25(20-16-8-5-2)30-26(29)21-17-13-11-9-10-12-14-18-22-27(6-3)23-24-28;1-4-7-10-12-15-17(18)19-16(13-9-6-3)14-11-8-5-2/h25,28H,4-24H2,1-3H3;16H,4-15H2,1-3H3. The molecule has 0 saturated carbocycles. The van der Waals surface area contributed by atoms with E-state index in [-0.39, 0.29) is 30.8 Å². The average molecular weight is 698 g/mol. The van der Waals surface area contributed by atoms with Gasteiger partial charge in [-0.2, -0.15) is 0 Å². The molecule has 0 radical (unpaired) electrons. The van der Waals surface area contributed by atoms with Gasteiger partial charge in [-0.15, -0.1) is 0 Å². The summed E-state index contributed by atoms with van der Waals surface area (Å²) in [6.45, 7) is 16.4. The second-order valence-corrected chi connectivity index (χ2v) is 14.4. The van der Waals surface area contributed by atoms with Gasteiger partial charge in [0.2, 0.25) is 0 Å². The van der Waals surface area contributed by atoms with Gasteiger partial charge in [0, 0.05) is 19.4 Å². The molecule has 0 spiro atoms. The van der Waals surface area contributed by atoms with Crippen molar-refractivity contribution in [2.24, 2.45) is 0 Å². The third-order valence-corrected chi connectivity index (χ3v) is 9.57. The maximum Gasteiger partial charge on any atom is 0.306 e. The van der Waals surface area contributed by atoms with E-state index in [1.165, 1.54) is 122 Å². The fourth-order valence-electron chi connectivity index (χ4n) is 6.24. The van der Waals surface area contributed by atoms with Crippen molar-refractivity contribution in [2.45, 2.75) is 240 Å². The molecule has 0 bridgehead atoms. The van der Waals surface area contributed by atoms with Crippen LogP contribution in [0, 0.1) is 0 Å². The topological polar surface area (TPSA) is 76.1 Å². The molecule has 0 aliphatic carbocycles. The number of rotatable bonds is 36. The Hall–Kier alpha value is -1.14. The number of hydrogen-bond acceptors (Lipinski definition) is 6. The molecule has 0 rings (SSSR count). The van der Waals surface area contributed by atoms with Crippen LogP contribution in [-0.4, -0.2) is 60.4 Å². The van der Waals surface area contributed by atoms with Gasteiger partial charge >= 0.3 is 11.9 Å². The van der Waals surface area contributed by atoms with E-state index in [2.05, 4.69) is 46.4 Å². The Balaban J connectivity index is 0. The van der Waals surface area contributed by atoms with Crippen molar-refractivity contribution in [3.8, 4) is 0 Å². The normalized spacial score (nSPS) is 11.9. The molecule has 0 aliphatic heterocycles. The van der Waals surface area contributed by atoms with Crippen LogP contribution in [0.25, 0.3) is 0 Å². The van der Waals surface area contributed by atoms with E-state index in [0.29, 0.717) is 12.8 Å². The van der Waals surface area contributed by atoms with Gasteiger partial charge in [-0.25, -0.2) is 0 Å². The van der Waals surface area contributed by atoms with Crippen LogP contribution < -0.4 is 0 Å². The van der Waals surface area contributed by atoms with Crippen LogP contribution >= 0.6 is 0 Å². The summed E-state index contributed by atoms with van der Waals surface area (Å²) in [6.07, 6.45) is 33.3. The number of aliphatic hydroxyl groups excluding tert-OH is 1. The van der Waals surface area contributed by atoms with Gasteiger partial charge < -0.3 is 19.5 Å². The molecular formula is C43H87NO5. The van der Waals surface area contributed by atoms with Crippen molar-refractivity contribution in [1.29, 1.82) is 0 Å².